The van der Waals surface area contributed by atoms with Crippen molar-refractivity contribution < 1.29 is 23.9 Å². The maximum absolute atomic E-state index is 12.9. The average molecular weight is 507 g/mol. The molecule has 2 fully saturated rings. The lowest BCUT2D eigenvalue weighted by atomic mass is 10.1. The first kappa shape index (κ1) is 26.3. The van der Waals surface area contributed by atoms with Crippen LogP contribution in [0.3, 0.4) is 0 Å². The number of nitrogens with zero attached hydrogens (tertiary/aromatic N) is 1. The van der Waals surface area contributed by atoms with E-state index in [1.165, 1.54) is 0 Å². The number of amides is 4. The van der Waals surface area contributed by atoms with Gasteiger partial charge >= 0.3 is 0 Å². The van der Waals surface area contributed by atoms with E-state index in [-0.39, 0.29) is 42.1 Å². The Bertz CT molecular complexity index is 1130. The van der Waals surface area contributed by atoms with E-state index in [9.17, 15) is 19.2 Å². The molecule has 0 spiro atoms. The molecule has 2 aliphatic heterocycles. The first-order valence-corrected chi connectivity index (χ1v) is 12.9. The molecular formula is C28H34N4O5. The summed E-state index contributed by atoms with van der Waals surface area (Å²) in [5, 5.41) is 8.53. The topological polar surface area (TPSA) is 117 Å². The average Bonchev–Trinajstić information content (AvgIpc) is 3.56. The maximum Gasteiger partial charge on any atom is 0.255 e. The predicted octanol–water partition coefficient (Wildman–Crippen LogP) is 3.43. The fourth-order valence-electron chi connectivity index (χ4n) is 4.55. The SMILES string of the molecule is CCCCN1CC(C(=O)Nc2ccc(C(=O)Nc3ccccc3C(=O)NCC3CCCO3)cc2)CC1=O. The van der Waals surface area contributed by atoms with Crippen LogP contribution in [0.5, 0.6) is 0 Å². The van der Waals surface area contributed by atoms with E-state index < -0.39 is 0 Å². The number of carbonyl (C=O) groups excluding carboxylic acids is 4. The molecule has 2 aromatic carbocycles. The zero-order chi connectivity index (χ0) is 26.2. The highest BCUT2D eigenvalue weighted by Gasteiger charge is 2.33. The van der Waals surface area contributed by atoms with E-state index in [2.05, 4.69) is 22.9 Å². The molecule has 4 amide bonds. The minimum atomic E-state index is -0.379. The van der Waals surface area contributed by atoms with Gasteiger partial charge in [-0.25, -0.2) is 0 Å². The molecule has 2 saturated heterocycles. The number of unbranched alkanes of at least 4 members (excludes halogenated alkanes) is 1. The Balaban J connectivity index is 1.32. The van der Waals surface area contributed by atoms with Gasteiger partial charge in [-0.05, 0) is 55.7 Å². The van der Waals surface area contributed by atoms with Crippen molar-refractivity contribution in [1.29, 1.82) is 0 Å². The monoisotopic (exact) mass is 506 g/mol. The van der Waals surface area contributed by atoms with Crippen LogP contribution >= 0.6 is 0 Å². The molecular weight excluding hydrogens is 472 g/mol. The van der Waals surface area contributed by atoms with Crippen LogP contribution in [0.25, 0.3) is 0 Å². The number of anilines is 2. The van der Waals surface area contributed by atoms with Crippen molar-refractivity contribution in [2.75, 3.05) is 36.9 Å². The Hall–Kier alpha value is -3.72. The van der Waals surface area contributed by atoms with Crippen molar-refractivity contribution in [2.45, 2.75) is 45.1 Å². The van der Waals surface area contributed by atoms with Crippen molar-refractivity contribution in [1.82, 2.24) is 10.2 Å². The van der Waals surface area contributed by atoms with Gasteiger partial charge in [0, 0.05) is 43.9 Å². The Morgan fingerprint density at radius 1 is 1.03 bits per heavy atom. The summed E-state index contributed by atoms with van der Waals surface area (Å²) in [5.74, 6) is -1.21. The van der Waals surface area contributed by atoms with E-state index in [1.807, 2.05) is 0 Å². The summed E-state index contributed by atoms with van der Waals surface area (Å²) in [6.07, 6.45) is 4.08. The van der Waals surface area contributed by atoms with Crippen molar-refractivity contribution in [2.24, 2.45) is 5.92 Å². The molecule has 2 unspecified atom stereocenters. The second-order valence-corrected chi connectivity index (χ2v) is 9.51. The van der Waals surface area contributed by atoms with Crippen LogP contribution in [-0.2, 0) is 14.3 Å². The summed E-state index contributed by atoms with van der Waals surface area (Å²) >= 11 is 0. The molecule has 4 rings (SSSR count). The Morgan fingerprint density at radius 2 is 1.81 bits per heavy atom. The second-order valence-electron chi connectivity index (χ2n) is 9.51. The van der Waals surface area contributed by atoms with Crippen LogP contribution in [0, 0.1) is 5.92 Å². The number of hydrogen-bond donors (Lipinski definition) is 3. The molecule has 0 aromatic heterocycles. The summed E-state index contributed by atoms with van der Waals surface area (Å²) < 4.78 is 5.55. The predicted molar refractivity (Wildman–Crippen MR) is 140 cm³/mol. The summed E-state index contributed by atoms with van der Waals surface area (Å²) in [6, 6.07) is 13.4. The molecule has 9 heteroatoms. The number of likely N-dealkylation sites (tertiary alicyclic amines) is 1. The van der Waals surface area contributed by atoms with Gasteiger partial charge in [0.2, 0.25) is 11.8 Å². The fourth-order valence-corrected chi connectivity index (χ4v) is 4.55. The third-order valence-corrected chi connectivity index (χ3v) is 6.72. The van der Waals surface area contributed by atoms with Crippen LogP contribution in [0.1, 0.15) is 59.7 Å². The number of hydrogen-bond acceptors (Lipinski definition) is 5. The van der Waals surface area contributed by atoms with Gasteiger partial charge in [0.25, 0.3) is 11.8 Å². The normalized spacial score (nSPS) is 19.1. The molecule has 9 nitrogen and oxygen atoms in total. The number of para-hydroxylation sites is 1. The lowest BCUT2D eigenvalue weighted by molar-refractivity contribution is -0.128. The molecule has 37 heavy (non-hydrogen) atoms. The van der Waals surface area contributed by atoms with Crippen LogP contribution in [0.2, 0.25) is 0 Å². The Labute approximate surface area is 216 Å². The minimum absolute atomic E-state index is 0.0152. The summed E-state index contributed by atoms with van der Waals surface area (Å²) in [7, 11) is 0. The molecule has 2 aliphatic rings. The van der Waals surface area contributed by atoms with E-state index in [1.54, 1.807) is 53.4 Å². The minimum Gasteiger partial charge on any atom is -0.376 e. The van der Waals surface area contributed by atoms with E-state index >= 15 is 0 Å². The summed E-state index contributed by atoms with van der Waals surface area (Å²) in [5.41, 5.74) is 1.72. The lowest BCUT2D eigenvalue weighted by Gasteiger charge is -2.16. The van der Waals surface area contributed by atoms with Crippen LogP contribution in [-0.4, -0.2) is 60.9 Å². The van der Waals surface area contributed by atoms with Gasteiger partial charge in [-0.1, -0.05) is 25.5 Å². The van der Waals surface area contributed by atoms with Crippen molar-refractivity contribution >= 4 is 35.0 Å². The first-order valence-electron chi connectivity index (χ1n) is 12.9. The van der Waals surface area contributed by atoms with Crippen molar-refractivity contribution in [3.05, 3.63) is 59.7 Å². The molecule has 0 aliphatic carbocycles. The van der Waals surface area contributed by atoms with Gasteiger partial charge in [0.15, 0.2) is 0 Å². The third-order valence-electron chi connectivity index (χ3n) is 6.72. The Kier molecular flexibility index (Phi) is 8.90. The van der Waals surface area contributed by atoms with E-state index in [0.29, 0.717) is 48.7 Å². The number of benzene rings is 2. The molecule has 2 atom stereocenters. The molecule has 3 N–H and O–H groups in total. The van der Waals surface area contributed by atoms with Gasteiger partial charge in [-0.3, -0.25) is 19.2 Å². The first-order chi connectivity index (χ1) is 17.9. The number of rotatable bonds is 10. The summed E-state index contributed by atoms with van der Waals surface area (Å²) in [4.78, 5) is 52.1. The van der Waals surface area contributed by atoms with Crippen LogP contribution in [0.15, 0.2) is 48.5 Å². The summed E-state index contributed by atoms with van der Waals surface area (Å²) in [6.45, 7) is 4.33. The van der Waals surface area contributed by atoms with E-state index in [0.717, 1.165) is 25.7 Å². The van der Waals surface area contributed by atoms with Gasteiger partial charge in [-0.15, -0.1) is 0 Å². The lowest BCUT2D eigenvalue weighted by Crippen LogP contribution is -2.32. The molecule has 2 aromatic rings. The zero-order valence-electron chi connectivity index (χ0n) is 21.1. The Morgan fingerprint density at radius 3 is 2.54 bits per heavy atom. The van der Waals surface area contributed by atoms with Crippen molar-refractivity contribution in [3.8, 4) is 0 Å². The highest BCUT2D eigenvalue weighted by Crippen LogP contribution is 2.22. The van der Waals surface area contributed by atoms with Gasteiger partial charge in [-0.2, -0.15) is 0 Å². The molecule has 0 radical (unpaired) electrons. The highest BCUT2D eigenvalue weighted by atomic mass is 16.5. The van der Waals surface area contributed by atoms with Crippen LogP contribution < -0.4 is 16.0 Å². The maximum atomic E-state index is 12.9. The molecule has 0 saturated carbocycles. The second kappa shape index (κ2) is 12.5. The standard InChI is InChI=1S/C28H34N4O5/c1-2-3-14-32-18-20(16-25(32)33)27(35)30-21-12-10-19(11-13-21)26(34)31-24-9-5-4-8-23(24)28(36)29-17-22-7-6-15-37-22/h4-5,8-13,20,22H,2-3,6-7,14-18H2,1H3,(H,29,36)(H,30,35)(H,31,34). The number of nitrogens with one attached hydrogen (secondary N) is 3. The van der Waals surface area contributed by atoms with E-state index in [4.69, 9.17) is 4.74 Å². The molecule has 196 valence electrons. The van der Waals surface area contributed by atoms with Gasteiger partial charge < -0.3 is 25.6 Å². The number of carbonyl (C=O) groups is 4. The largest absolute Gasteiger partial charge is 0.376 e. The van der Waals surface area contributed by atoms with Gasteiger partial charge in [0.05, 0.1) is 23.3 Å². The molecule has 2 heterocycles. The highest BCUT2D eigenvalue weighted by molar-refractivity contribution is 6.09. The van der Waals surface area contributed by atoms with Crippen molar-refractivity contribution in [3.63, 3.8) is 0 Å². The molecule has 0 bridgehead atoms. The smallest absolute Gasteiger partial charge is 0.255 e. The fraction of sp³-hybridized carbons (Fsp3) is 0.429. The number of ether oxygens (including phenoxy) is 1. The van der Waals surface area contributed by atoms with Crippen LogP contribution in [0.4, 0.5) is 11.4 Å². The quantitative estimate of drug-likeness (QED) is 0.457. The third kappa shape index (κ3) is 6.95. The zero-order valence-corrected chi connectivity index (χ0v) is 21.1. The van der Waals surface area contributed by atoms with Gasteiger partial charge in [0.1, 0.15) is 0 Å².